The topological polar surface area (TPSA) is 60.7 Å². The second-order valence-corrected chi connectivity index (χ2v) is 7.11. The van der Waals surface area contributed by atoms with Gasteiger partial charge in [-0.1, -0.05) is 6.07 Å². The third-order valence-corrected chi connectivity index (χ3v) is 5.52. The fraction of sp³-hybridized carbons (Fsp3) is 0.214. The standard InChI is InChI=1S/C14H14BrN3OS/c1-7-5-11(20-13(7)15)12(16-2)8-3-4-9-10(6-8)18-14(19)17-9/h3-6,12,16H,1-2H3,(H2,17,18,19). The van der Waals surface area contributed by atoms with Crippen molar-refractivity contribution in [3.63, 3.8) is 0 Å². The van der Waals surface area contributed by atoms with Crippen LogP contribution >= 0.6 is 27.3 Å². The first-order valence-corrected chi connectivity index (χ1v) is 7.84. The van der Waals surface area contributed by atoms with Crippen LogP contribution in [0.4, 0.5) is 0 Å². The second-order valence-electron chi connectivity index (χ2n) is 4.71. The molecular formula is C14H14BrN3OS. The Kier molecular flexibility index (Phi) is 3.54. The second kappa shape index (κ2) is 5.20. The highest BCUT2D eigenvalue weighted by Crippen LogP contribution is 2.34. The maximum absolute atomic E-state index is 11.3. The average Bonchev–Trinajstić information content (AvgIpc) is 2.93. The van der Waals surface area contributed by atoms with Gasteiger partial charge in [-0.2, -0.15) is 0 Å². The Bertz CT molecular complexity index is 798. The number of halogens is 1. The van der Waals surface area contributed by atoms with Gasteiger partial charge in [-0.05, 0) is 59.2 Å². The van der Waals surface area contributed by atoms with Gasteiger partial charge >= 0.3 is 5.69 Å². The summed E-state index contributed by atoms with van der Waals surface area (Å²) in [6.45, 7) is 2.09. The molecule has 3 N–H and O–H groups in total. The van der Waals surface area contributed by atoms with Crippen LogP contribution in [0.5, 0.6) is 0 Å². The molecule has 3 aromatic rings. The summed E-state index contributed by atoms with van der Waals surface area (Å²) < 4.78 is 1.16. The Morgan fingerprint density at radius 2 is 2.00 bits per heavy atom. The average molecular weight is 352 g/mol. The van der Waals surface area contributed by atoms with Crippen molar-refractivity contribution in [3.05, 3.63) is 54.5 Å². The number of aromatic amines is 2. The van der Waals surface area contributed by atoms with E-state index in [1.807, 2.05) is 25.2 Å². The molecule has 2 heterocycles. The van der Waals surface area contributed by atoms with Crippen molar-refractivity contribution in [1.82, 2.24) is 15.3 Å². The van der Waals surface area contributed by atoms with Crippen LogP contribution in [0.25, 0.3) is 11.0 Å². The molecule has 0 aliphatic heterocycles. The number of aromatic nitrogens is 2. The lowest BCUT2D eigenvalue weighted by molar-refractivity contribution is 0.704. The fourth-order valence-electron chi connectivity index (χ4n) is 2.33. The van der Waals surface area contributed by atoms with E-state index >= 15 is 0 Å². The number of H-pyrrole nitrogens is 2. The predicted molar refractivity (Wildman–Crippen MR) is 86.6 cm³/mol. The summed E-state index contributed by atoms with van der Waals surface area (Å²) in [5, 5.41) is 3.33. The summed E-state index contributed by atoms with van der Waals surface area (Å²) in [7, 11) is 1.94. The number of benzene rings is 1. The summed E-state index contributed by atoms with van der Waals surface area (Å²) in [5.74, 6) is 0. The van der Waals surface area contributed by atoms with Crippen molar-refractivity contribution in [2.45, 2.75) is 13.0 Å². The molecule has 0 aliphatic rings. The third kappa shape index (κ3) is 2.34. The zero-order valence-corrected chi connectivity index (χ0v) is 13.5. The van der Waals surface area contributed by atoms with Crippen molar-refractivity contribution in [2.75, 3.05) is 7.05 Å². The van der Waals surface area contributed by atoms with Crippen molar-refractivity contribution in [3.8, 4) is 0 Å². The van der Waals surface area contributed by atoms with Gasteiger partial charge < -0.3 is 15.3 Å². The van der Waals surface area contributed by atoms with Crippen molar-refractivity contribution < 1.29 is 0 Å². The highest BCUT2D eigenvalue weighted by molar-refractivity contribution is 9.11. The molecule has 0 saturated carbocycles. The Balaban J connectivity index is 2.08. The first-order chi connectivity index (χ1) is 9.58. The normalized spacial score (nSPS) is 12.9. The Labute approximate surface area is 128 Å². The molecule has 2 aromatic heterocycles. The molecule has 1 unspecified atom stereocenters. The molecule has 104 valence electrons. The smallest absolute Gasteiger partial charge is 0.309 e. The molecular weight excluding hydrogens is 338 g/mol. The molecule has 1 aromatic carbocycles. The Morgan fingerprint density at radius 3 is 2.65 bits per heavy atom. The maximum Gasteiger partial charge on any atom is 0.323 e. The lowest BCUT2D eigenvalue weighted by Crippen LogP contribution is -2.16. The van der Waals surface area contributed by atoms with E-state index in [-0.39, 0.29) is 11.7 Å². The van der Waals surface area contributed by atoms with E-state index in [0.717, 1.165) is 20.4 Å². The lowest BCUT2D eigenvalue weighted by Gasteiger charge is -2.15. The third-order valence-electron chi connectivity index (χ3n) is 3.32. The molecule has 1 atom stereocenters. The molecule has 0 spiro atoms. The summed E-state index contributed by atoms with van der Waals surface area (Å²) in [5.41, 5.74) is 3.86. The van der Waals surface area contributed by atoms with Gasteiger partial charge in [0.25, 0.3) is 0 Å². The van der Waals surface area contributed by atoms with Crippen LogP contribution in [-0.4, -0.2) is 17.0 Å². The van der Waals surface area contributed by atoms with Crippen LogP contribution in [0, 0.1) is 6.92 Å². The molecule has 6 heteroatoms. The Hall–Kier alpha value is -1.37. The first kappa shape index (κ1) is 13.6. The fourth-order valence-corrected chi connectivity index (χ4v) is 4.04. The lowest BCUT2D eigenvalue weighted by atomic mass is 10.0. The van der Waals surface area contributed by atoms with Gasteiger partial charge in [-0.3, -0.25) is 0 Å². The SMILES string of the molecule is CNC(c1ccc2[nH]c(=O)[nH]c2c1)c1cc(C)c(Br)s1. The number of thiophene rings is 1. The number of rotatable bonds is 3. The zero-order chi connectivity index (χ0) is 14.3. The Morgan fingerprint density at radius 1 is 1.25 bits per heavy atom. The van der Waals surface area contributed by atoms with Crippen LogP contribution in [0.15, 0.2) is 32.8 Å². The molecule has 3 rings (SSSR count). The van der Waals surface area contributed by atoms with Gasteiger partial charge in [0.2, 0.25) is 0 Å². The highest BCUT2D eigenvalue weighted by atomic mass is 79.9. The number of fused-ring (bicyclic) bond motifs is 1. The molecule has 0 aliphatic carbocycles. The number of hydrogen-bond donors (Lipinski definition) is 3. The number of aryl methyl sites for hydroxylation is 1. The number of hydrogen-bond acceptors (Lipinski definition) is 3. The van der Waals surface area contributed by atoms with E-state index in [1.54, 1.807) is 11.3 Å². The molecule has 20 heavy (non-hydrogen) atoms. The maximum atomic E-state index is 11.3. The van der Waals surface area contributed by atoms with Gasteiger partial charge in [0.05, 0.1) is 20.9 Å². The van der Waals surface area contributed by atoms with Gasteiger partial charge in [-0.25, -0.2) is 4.79 Å². The summed E-state index contributed by atoms with van der Waals surface area (Å²) in [6, 6.07) is 8.28. The minimum atomic E-state index is -0.173. The van der Waals surface area contributed by atoms with Crippen LogP contribution in [0.3, 0.4) is 0 Å². The van der Waals surface area contributed by atoms with Crippen molar-refractivity contribution in [2.24, 2.45) is 0 Å². The summed E-state index contributed by atoms with van der Waals surface area (Å²) >= 11 is 5.29. The van der Waals surface area contributed by atoms with Gasteiger partial charge in [0.1, 0.15) is 0 Å². The molecule has 0 bridgehead atoms. The van der Waals surface area contributed by atoms with E-state index in [0.29, 0.717) is 0 Å². The summed E-state index contributed by atoms with van der Waals surface area (Å²) in [6.07, 6.45) is 0. The number of imidazole rings is 1. The molecule has 4 nitrogen and oxygen atoms in total. The largest absolute Gasteiger partial charge is 0.323 e. The number of nitrogens with one attached hydrogen (secondary N) is 3. The van der Waals surface area contributed by atoms with E-state index in [1.165, 1.54) is 10.4 Å². The molecule has 0 fully saturated rings. The van der Waals surface area contributed by atoms with Crippen LogP contribution in [-0.2, 0) is 0 Å². The molecule has 0 radical (unpaired) electrons. The minimum Gasteiger partial charge on any atom is -0.309 e. The van der Waals surface area contributed by atoms with Gasteiger partial charge in [-0.15, -0.1) is 11.3 Å². The van der Waals surface area contributed by atoms with Crippen LogP contribution < -0.4 is 11.0 Å². The summed E-state index contributed by atoms with van der Waals surface area (Å²) in [4.78, 5) is 18.1. The van der Waals surface area contributed by atoms with Gasteiger partial charge in [0.15, 0.2) is 0 Å². The zero-order valence-electron chi connectivity index (χ0n) is 11.1. The van der Waals surface area contributed by atoms with E-state index in [2.05, 4.69) is 44.2 Å². The predicted octanol–water partition coefficient (Wildman–Crippen LogP) is 3.30. The monoisotopic (exact) mass is 351 g/mol. The van der Waals surface area contributed by atoms with Crippen LogP contribution in [0.2, 0.25) is 0 Å². The van der Waals surface area contributed by atoms with Gasteiger partial charge in [0, 0.05) is 4.88 Å². The van der Waals surface area contributed by atoms with E-state index in [4.69, 9.17) is 0 Å². The molecule has 0 amide bonds. The van der Waals surface area contributed by atoms with Crippen molar-refractivity contribution >= 4 is 38.3 Å². The van der Waals surface area contributed by atoms with Crippen LogP contribution in [0.1, 0.15) is 22.0 Å². The quantitative estimate of drug-likeness (QED) is 0.677. The molecule has 0 saturated heterocycles. The van der Waals surface area contributed by atoms with Crippen molar-refractivity contribution in [1.29, 1.82) is 0 Å². The van der Waals surface area contributed by atoms with E-state index in [9.17, 15) is 4.79 Å². The first-order valence-electron chi connectivity index (χ1n) is 6.23. The minimum absolute atomic E-state index is 0.118. The highest BCUT2D eigenvalue weighted by Gasteiger charge is 2.16. The van der Waals surface area contributed by atoms with E-state index < -0.39 is 0 Å².